The van der Waals surface area contributed by atoms with E-state index in [4.69, 9.17) is 11.6 Å². The van der Waals surface area contributed by atoms with Crippen molar-refractivity contribution in [3.63, 3.8) is 0 Å². The Morgan fingerprint density at radius 3 is 2.31 bits per heavy atom. The summed E-state index contributed by atoms with van der Waals surface area (Å²) in [5.74, 6) is -0.769. The van der Waals surface area contributed by atoms with Gasteiger partial charge in [-0.2, -0.15) is 0 Å². The molecule has 2 aromatic carbocycles. The maximum atomic E-state index is 13.0. The van der Waals surface area contributed by atoms with Gasteiger partial charge in [0.05, 0.1) is 17.1 Å². The van der Waals surface area contributed by atoms with E-state index < -0.39 is 0 Å². The van der Waals surface area contributed by atoms with E-state index in [0.29, 0.717) is 36.8 Å². The topological polar surface area (TPSA) is 52.7 Å². The lowest BCUT2D eigenvalue weighted by Gasteiger charge is -2.36. The molecule has 3 rings (SSSR count). The number of nitrogens with one attached hydrogen (secondary N) is 1. The molecule has 1 heterocycles. The lowest BCUT2D eigenvalue weighted by atomic mass is 10.2. The van der Waals surface area contributed by atoms with Gasteiger partial charge in [0.2, 0.25) is 5.91 Å². The van der Waals surface area contributed by atoms with E-state index in [0.717, 1.165) is 5.69 Å². The van der Waals surface area contributed by atoms with E-state index in [1.807, 2.05) is 0 Å². The molecule has 1 aliphatic heterocycles. The first kappa shape index (κ1) is 18.2. The van der Waals surface area contributed by atoms with E-state index >= 15 is 0 Å². The Morgan fingerprint density at radius 2 is 1.65 bits per heavy atom. The Kier molecular flexibility index (Phi) is 5.73. The van der Waals surface area contributed by atoms with Crippen molar-refractivity contribution in [2.45, 2.75) is 0 Å². The van der Waals surface area contributed by atoms with Gasteiger partial charge in [-0.3, -0.25) is 9.59 Å². The second-order valence-corrected chi connectivity index (χ2v) is 6.41. The minimum atomic E-state index is -0.367. The van der Waals surface area contributed by atoms with E-state index in [1.165, 1.54) is 12.1 Å². The number of nitrogens with zero attached hydrogens (tertiary/aromatic N) is 2. The zero-order valence-electron chi connectivity index (χ0n) is 14.1. The van der Waals surface area contributed by atoms with Crippen LogP contribution in [0, 0.1) is 5.82 Å². The zero-order chi connectivity index (χ0) is 18.5. The Morgan fingerprint density at radius 1 is 1.00 bits per heavy atom. The van der Waals surface area contributed by atoms with Crippen LogP contribution in [0.2, 0.25) is 5.02 Å². The Bertz CT molecular complexity index is 790. The summed E-state index contributed by atoms with van der Waals surface area (Å²) < 4.78 is 13.0. The lowest BCUT2D eigenvalue weighted by Crippen LogP contribution is -2.51. The molecule has 7 heteroatoms. The summed E-state index contributed by atoms with van der Waals surface area (Å²) in [4.78, 5) is 28.2. The first-order chi connectivity index (χ1) is 12.5. The molecule has 2 amide bonds. The summed E-state index contributed by atoms with van der Waals surface area (Å²) in [7, 11) is 0. The molecule has 0 aromatic heterocycles. The molecule has 1 aliphatic rings. The van der Waals surface area contributed by atoms with Crippen molar-refractivity contribution in [2.75, 3.05) is 37.6 Å². The molecule has 26 heavy (non-hydrogen) atoms. The normalized spacial score (nSPS) is 14.2. The molecule has 0 aliphatic carbocycles. The number of carbonyl (C=O) groups excluding carboxylic acids is 2. The number of hydrogen-bond acceptors (Lipinski definition) is 3. The largest absolute Gasteiger partial charge is 0.368 e. The summed E-state index contributed by atoms with van der Waals surface area (Å²) >= 11 is 5.98. The second kappa shape index (κ2) is 8.19. The predicted molar refractivity (Wildman–Crippen MR) is 99.0 cm³/mol. The van der Waals surface area contributed by atoms with Crippen molar-refractivity contribution in [3.8, 4) is 0 Å². The highest BCUT2D eigenvalue weighted by Crippen LogP contribution is 2.17. The van der Waals surface area contributed by atoms with Crippen LogP contribution < -0.4 is 10.2 Å². The van der Waals surface area contributed by atoms with E-state index in [9.17, 15) is 14.0 Å². The van der Waals surface area contributed by atoms with Crippen molar-refractivity contribution >= 4 is 29.1 Å². The number of hydrogen-bond donors (Lipinski definition) is 1. The van der Waals surface area contributed by atoms with Gasteiger partial charge < -0.3 is 15.1 Å². The standard InChI is InChI=1S/C19H19ClFN3O2/c20-17-4-2-1-3-16(17)19(26)22-13-18(25)24-11-9-23(10-12-24)15-7-5-14(21)6-8-15/h1-8H,9-13H2,(H,22,26). The predicted octanol–water partition coefficient (Wildman–Crippen LogP) is 2.56. The maximum Gasteiger partial charge on any atom is 0.253 e. The summed E-state index contributed by atoms with van der Waals surface area (Å²) in [6.07, 6.45) is 0. The molecule has 1 saturated heterocycles. The molecule has 5 nitrogen and oxygen atoms in total. The summed E-state index contributed by atoms with van der Waals surface area (Å²) in [6, 6.07) is 13.0. The third-order valence-electron chi connectivity index (χ3n) is 4.34. The highest BCUT2D eigenvalue weighted by atomic mass is 35.5. The fourth-order valence-corrected chi connectivity index (χ4v) is 3.10. The average Bonchev–Trinajstić information content (AvgIpc) is 2.67. The Balaban J connectivity index is 1.48. The molecular weight excluding hydrogens is 357 g/mol. The van der Waals surface area contributed by atoms with Crippen LogP contribution in [0.3, 0.4) is 0 Å². The van der Waals surface area contributed by atoms with Gasteiger partial charge in [0.15, 0.2) is 0 Å². The molecule has 0 radical (unpaired) electrons. The molecule has 2 aromatic rings. The first-order valence-corrected chi connectivity index (χ1v) is 8.73. The molecule has 0 spiro atoms. The molecule has 0 bridgehead atoms. The van der Waals surface area contributed by atoms with Crippen LogP contribution in [0.1, 0.15) is 10.4 Å². The number of carbonyl (C=O) groups is 2. The van der Waals surface area contributed by atoms with Gasteiger partial charge in [-0.25, -0.2) is 4.39 Å². The van der Waals surface area contributed by atoms with Gasteiger partial charge in [0.25, 0.3) is 5.91 Å². The van der Waals surface area contributed by atoms with Gasteiger partial charge in [-0.15, -0.1) is 0 Å². The van der Waals surface area contributed by atoms with Crippen molar-refractivity contribution in [2.24, 2.45) is 0 Å². The minimum absolute atomic E-state index is 0.0688. The molecular formula is C19H19ClFN3O2. The van der Waals surface area contributed by atoms with Crippen molar-refractivity contribution in [3.05, 3.63) is 64.9 Å². The van der Waals surface area contributed by atoms with Gasteiger partial charge in [-0.05, 0) is 36.4 Å². The minimum Gasteiger partial charge on any atom is -0.368 e. The van der Waals surface area contributed by atoms with Crippen LogP contribution in [-0.2, 0) is 4.79 Å². The fraction of sp³-hybridized carbons (Fsp3) is 0.263. The molecule has 1 N–H and O–H groups in total. The first-order valence-electron chi connectivity index (χ1n) is 8.35. The number of rotatable bonds is 4. The second-order valence-electron chi connectivity index (χ2n) is 6.01. The van der Waals surface area contributed by atoms with Gasteiger partial charge in [0.1, 0.15) is 5.82 Å². The van der Waals surface area contributed by atoms with Crippen molar-refractivity contribution in [1.29, 1.82) is 0 Å². The maximum absolute atomic E-state index is 13.0. The Labute approximate surface area is 156 Å². The summed E-state index contributed by atoms with van der Waals surface area (Å²) in [5.41, 5.74) is 1.29. The number of halogens is 2. The highest BCUT2D eigenvalue weighted by Gasteiger charge is 2.22. The number of benzene rings is 2. The highest BCUT2D eigenvalue weighted by molar-refractivity contribution is 6.33. The number of anilines is 1. The van der Waals surface area contributed by atoms with Crippen molar-refractivity contribution < 1.29 is 14.0 Å². The summed E-state index contributed by atoms with van der Waals surface area (Å²) in [5, 5.41) is 2.97. The number of amides is 2. The van der Waals surface area contributed by atoms with Crippen LogP contribution in [0.15, 0.2) is 48.5 Å². The molecule has 0 saturated carbocycles. The van der Waals surface area contributed by atoms with Crippen LogP contribution in [-0.4, -0.2) is 49.4 Å². The van der Waals surface area contributed by atoms with Gasteiger partial charge in [-0.1, -0.05) is 23.7 Å². The monoisotopic (exact) mass is 375 g/mol. The molecule has 136 valence electrons. The van der Waals surface area contributed by atoms with Crippen LogP contribution in [0.5, 0.6) is 0 Å². The number of piperazine rings is 1. The average molecular weight is 376 g/mol. The lowest BCUT2D eigenvalue weighted by molar-refractivity contribution is -0.130. The van der Waals surface area contributed by atoms with Gasteiger partial charge in [0, 0.05) is 31.9 Å². The van der Waals surface area contributed by atoms with Crippen molar-refractivity contribution in [1.82, 2.24) is 10.2 Å². The van der Waals surface area contributed by atoms with Gasteiger partial charge >= 0.3 is 0 Å². The van der Waals surface area contributed by atoms with E-state index in [2.05, 4.69) is 10.2 Å². The van der Waals surface area contributed by atoms with E-state index in [1.54, 1.807) is 41.3 Å². The Hall–Kier alpha value is -2.60. The third-order valence-corrected chi connectivity index (χ3v) is 4.67. The van der Waals surface area contributed by atoms with Crippen LogP contribution in [0.4, 0.5) is 10.1 Å². The molecule has 1 fully saturated rings. The van der Waals surface area contributed by atoms with Crippen LogP contribution >= 0.6 is 11.6 Å². The zero-order valence-corrected chi connectivity index (χ0v) is 14.9. The third kappa shape index (κ3) is 4.32. The van der Waals surface area contributed by atoms with E-state index in [-0.39, 0.29) is 24.2 Å². The summed E-state index contributed by atoms with van der Waals surface area (Å²) in [6.45, 7) is 2.36. The molecule has 0 atom stereocenters. The SMILES string of the molecule is O=C(NCC(=O)N1CCN(c2ccc(F)cc2)CC1)c1ccccc1Cl. The smallest absolute Gasteiger partial charge is 0.253 e. The quantitative estimate of drug-likeness (QED) is 0.893. The van der Waals surface area contributed by atoms with Crippen LogP contribution in [0.25, 0.3) is 0 Å². The fourth-order valence-electron chi connectivity index (χ4n) is 2.87. The molecule has 0 unspecified atom stereocenters.